The van der Waals surface area contributed by atoms with Crippen molar-refractivity contribution in [2.45, 2.75) is 19.8 Å². The van der Waals surface area contributed by atoms with Crippen LogP contribution in [0.4, 0.5) is 27.7 Å². The van der Waals surface area contributed by atoms with E-state index in [0.29, 0.717) is 30.0 Å². The lowest BCUT2D eigenvalue weighted by Gasteiger charge is -2.14. The fourth-order valence-corrected chi connectivity index (χ4v) is 2.98. The zero-order chi connectivity index (χ0) is 24.3. The first kappa shape index (κ1) is 24.2. The minimum absolute atomic E-state index is 0.228. The first-order chi connectivity index (χ1) is 16.5. The average molecular weight is 463 g/mol. The number of aryl methyl sites for hydroxylation is 1. The summed E-state index contributed by atoms with van der Waals surface area (Å²) in [7, 11) is 1.34. The van der Waals surface area contributed by atoms with Crippen LogP contribution < -0.4 is 21.3 Å². The molecule has 10 nitrogen and oxygen atoms in total. The number of hydrogen-bond donors (Lipinski definition) is 4. The topological polar surface area (TPSA) is 134 Å². The Hall–Kier alpha value is -4.47. The molecule has 0 radical (unpaired) electrons. The average Bonchev–Trinajstić information content (AvgIpc) is 2.84. The standard InChI is InChI=1S/C24H26N6O4/c1-3-25-24(33)30-21-13-20(28-17-7-5-4-6-8-17)19(15-27-21)23(32)29-18-10-9-16(26-14-18)11-12-22(31)34-2/h4-10,13-15H,3,11-12H2,1-2H3,(H,29,32)(H3,25,27,28,30,33). The lowest BCUT2D eigenvalue weighted by molar-refractivity contribution is -0.140. The van der Waals surface area contributed by atoms with Crippen LogP contribution in [0.15, 0.2) is 60.9 Å². The molecule has 176 valence electrons. The molecule has 0 atom stereocenters. The van der Waals surface area contributed by atoms with E-state index in [1.54, 1.807) is 18.2 Å². The number of rotatable bonds is 9. The van der Waals surface area contributed by atoms with Crippen molar-refractivity contribution in [2.24, 2.45) is 0 Å². The molecule has 4 N–H and O–H groups in total. The molecule has 34 heavy (non-hydrogen) atoms. The van der Waals surface area contributed by atoms with Gasteiger partial charge in [-0.25, -0.2) is 9.78 Å². The van der Waals surface area contributed by atoms with Crippen LogP contribution >= 0.6 is 0 Å². The Morgan fingerprint density at radius 1 is 0.941 bits per heavy atom. The van der Waals surface area contributed by atoms with Gasteiger partial charge < -0.3 is 20.7 Å². The Balaban J connectivity index is 1.77. The molecule has 3 aromatic rings. The number of ether oxygens (including phenoxy) is 1. The van der Waals surface area contributed by atoms with Gasteiger partial charge in [0.05, 0.1) is 36.7 Å². The first-order valence-corrected chi connectivity index (χ1v) is 10.7. The predicted molar refractivity (Wildman–Crippen MR) is 129 cm³/mol. The Morgan fingerprint density at radius 2 is 1.74 bits per heavy atom. The van der Waals surface area contributed by atoms with Gasteiger partial charge >= 0.3 is 12.0 Å². The highest BCUT2D eigenvalue weighted by atomic mass is 16.5. The summed E-state index contributed by atoms with van der Waals surface area (Å²) >= 11 is 0. The number of nitrogens with one attached hydrogen (secondary N) is 4. The summed E-state index contributed by atoms with van der Waals surface area (Å²) < 4.78 is 4.63. The molecule has 0 fully saturated rings. The molecule has 0 saturated heterocycles. The summed E-state index contributed by atoms with van der Waals surface area (Å²) in [6.07, 6.45) is 3.58. The normalized spacial score (nSPS) is 10.2. The van der Waals surface area contributed by atoms with Crippen molar-refractivity contribution in [2.75, 3.05) is 29.6 Å². The molecule has 1 aromatic carbocycles. The van der Waals surface area contributed by atoms with Crippen molar-refractivity contribution in [3.05, 3.63) is 72.2 Å². The van der Waals surface area contributed by atoms with Gasteiger partial charge in [0, 0.05) is 36.6 Å². The van der Waals surface area contributed by atoms with Crippen molar-refractivity contribution < 1.29 is 19.1 Å². The number of benzene rings is 1. The number of anilines is 4. The van der Waals surface area contributed by atoms with Gasteiger partial charge in [-0.3, -0.25) is 19.9 Å². The number of pyridine rings is 2. The zero-order valence-corrected chi connectivity index (χ0v) is 18.9. The Morgan fingerprint density at radius 3 is 2.41 bits per heavy atom. The molecule has 0 aliphatic rings. The SMILES string of the molecule is CCNC(=O)Nc1cc(Nc2ccccc2)c(C(=O)Nc2ccc(CCC(=O)OC)nc2)cn1. The molecule has 0 aliphatic carbocycles. The minimum atomic E-state index is -0.403. The maximum atomic E-state index is 13.0. The fraction of sp³-hybridized carbons (Fsp3) is 0.208. The molecular formula is C24H26N6O4. The monoisotopic (exact) mass is 462 g/mol. The van der Waals surface area contributed by atoms with E-state index in [0.717, 1.165) is 5.69 Å². The van der Waals surface area contributed by atoms with Gasteiger partial charge in [-0.1, -0.05) is 18.2 Å². The van der Waals surface area contributed by atoms with E-state index in [1.807, 2.05) is 37.3 Å². The third kappa shape index (κ3) is 7.02. The van der Waals surface area contributed by atoms with E-state index < -0.39 is 11.9 Å². The van der Waals surface area contributed by atoms with E-state index in [9.17, 15) is 14.4 Å². The minimum Gasteiger partial charge on any atom is -0.469 e. The van der Waals surface area contributed by atoms with Crippen molar-refractivity contribution in [1.82, 2.24) is 15.3 Å². The molecule has 0 unspecified atom stereocenters. The Labute approximate surface area is 197 Å². The second kappa shape index (κ2) is 12.0. The van der Waals surface area contributed by atoms with Crippen LogP contribution in [0.25, 0.3) is 0 Å². The number of para-hydroxylation sites is 1. The number of esters is 1. The highest BCUT2D eigenvalue weighted by Gasteiger charge is 2.15. The van der Waals surface area contributed by atoms with Crippen molar-refractivity contribution in [1.29, 1.82) is 0 Å². The number of urea groups is 1. The van der Waals surface area contributed by atoms with Crippen LogP contribution in [-0.4, -0.2) is 41.5 Å². The second-order valence-corrected chi connectivity index (χ2v) is 7.16. The first-order valence-electron chi connectivity index (χ1n) is 10.7. The van der Waals surface area contributed by atoms with Crippen LogP contribution in [0.2, 0.25) is 0 Å². The summed E-state index contributed by atoms with van der Waals surface area (Å²) in [5.74, 6) is -0.424. The maximum absolute atomic E-state index is 13.0. The number of carbonyl (C=O) groups is 3. The molecule has 10 heteroatoms. The Bertz CT molecular complexity index is 1140. The highest BCUT2D eigenvalue weighted by Crippen LogP contribution is 2.24. The molecular weight excluding hydrogens is 436 g/mol. The molecule has 3 rings (SSSR count). The highest BCUT2D eigenvalue weighted by molar-refractivity contribution is 6.08. The molecule has 0 aliphatic heterocycles. The van der Waals surface area contributed by atoms with Crippen molar-refractivity contribution >= 4 is 40.8 Å². The quantitative estimate of drug-likeness (QED) is 0.356. The fourth-order valence-electron chi connectivity index (χ4n) is 2.98. The van der Waals surface area contributed by atoms with E-state index in [1.165, 1.54) is 19.5 Å². The van der Waals surface area contributed by atoms with Gasteiger partial charge in [0.1, 0.15) is 5.82 Å². The van der Waals surface area contributed by atoms with E-state index >= 15 is 0 Å². The number of amides is 3. The van der Waals surface area contributed by atoms with E-state index in [4.69, 9.17) is 0 Å². The van der Waals surface area contributed by atoms with Crippen LogP contribution in [-0.2, 0) is 16.0 Å². The largest absolute Gasteiger partial charge is 0.469 e. The third-order valence-corrected chi connectivity index (χ3v) is 4.68. The van der Waals surface area contributed by atoms with Gasteiger partial charge in [-0.2, -0.15) is 0 Å². The smallest absolute Gasteiger partial charge is 0.320 e. The number of hydrogen-bond acceptors (Lipinski definition) is 7. The number of carbonyl (C=O) groups excluding carboxylic acids is 3. The van der Waals surface area contributed by atoms with Crippen LogP contribution in [0.1, 0.15) is 29.4 Å². The lowest BCUT2D eigenvalue weighted by Crippen LogP contribution is -2.28. The Kier molecular flexibility index (Phi) is 8.50. The molecule has 3 amide bonds. The molecule has 2 aromatic heterocycles. The third-order valence-electron chi connectivity index (χ3n) is 4.68. The predicted octanol–water partition coefficient (Wildman–Crippen LogP) is 3.72. The van der Waals surface area contributed by atoms with Gasteiger partial charge in [-0.15, -0.1) is 0 Å². The summed E-state index contributed by atoms with van der Waals surface area (Å²) in [5.41, 5.74) is 2.70. The summed E-state index contributed by atoms with van der Waals surface area (Å²) in [6.45, 7) is 2.28. The van der Waals surface area contributed by atoms with Crippen LogP contribution in [0.3, 0.4) is 0 Å². The lowest BCUT2D eigenvalue weighted by atomic mass is 10.2. The number of aromatic nitrogens is 2. The molecule has 0 spiro atoms. The molecule has 0 saturated carbocycles. The van der Waals surface area contributed by atoms with E-state index in [-0.39, 0.29) is 23.8 Å². The summed E-state index contributed by atoms with van der Waals surface area (Å²) in [6, 6.07) is 14.0. The van der Waals surface area contributed by atoms with E-state index in [2.05, 4.69) is 36.0 Å². The summed E-state index contributed by atoms with van der Waals surface area (Å²) in [4.78, 5) is 44.7. The summed E-state index contributed by atoms with van der Waals surface area (Å²) in [5, 5.41) is 11.3. The molecule has 2 heterocycles. The van der Waals surface area contributed by atoms with Crippen molar-refractivity contribution in [3.8, 4) is 0 Å². The molecule has 0 bridgehead atoms. The van der Waals surface area contributed by atoms with Gasteiger partial charge in [0.15, 0.2) is 0 Å². The van der Waals surface area contributed by atoms with Gasteiger partial charge in [0.25, 0.3) is 5.91 Å². The van der Waals surface area contributed by atoms with Crippen molar-refractivity contribution in [3.63, 3.8) is 0 Å². The van der Waals surface area contributed by atoms with Crippen LogP contribution in [0, 0.1) is 0 Å². The maximum Gasteiger partial charge on any atom is 0.320 e. The second-order valence-electron chi connectivity index (χ2n) is 7.16. The van der Waals surface area contributed by atoms with Gasteiger partial charge in [0.2, 0.25) is 0 Å². The number of methoxy groups -OCH3 is 1. The van der Waals surface area contributed by atoms with Gasteiger partial charge in [-0.05, 0) is 31.2 Å². The van der Waals surface area contributed by atoms with Crippen LogP contribution in [0.5, 0.6) is 0 Å². The zero-order valence-electron chi connectivity index (χ0n) is 18.9. The number of nitrogens with zero attached hydrogens (tertiary/aromatic N) is 2.